The first-order valence-electron chi connectivity index (χ1n) is 3.77. The van der Waals surface area contributed by atoms with Gasteiger partial charge in [-0.3, -0.25) is 4.79 Å². The first-order valence-corrected chi connectivity index (χ1v) is 3.77. The molecule has 0 fully saturated rings. The Labute approximate surface area is 97.1 Å². The molecule has 0 aromatic heterocycles. The van der Waals surface area contributed by atoms with Gasteiger partial charge in [-0.15, -0.1) is 6.10 Å². The van der Waals surface area contributed by atoms with Crippen LogP contribution in [0.2, 0.25) is 0 Å². The van der Waals surface area contributed by atoms with E-state index < -0.39 is 18.5 Å². The van der Waals surface area contributed by atoms with Gasteiger partial charge in [0.15, 0.2) is 0 Å². The van der Waals surface area contributed by atoms with Crippen LogP contribution in [0.15, 0.2) is 0 Å². The van der Waals surface area contributed by atoms with E-state index >= 15 is 0 Å². The molecule has 4 nitrogen and oxygen atoms in total. The molecule has 0 aliphatic heterocycles. The Morgan fingerprint density at radius 2 is 1.62 bits per heavy atom. The molecule has 0 aliphatic carbocycles. The minimum absolute atomic E-state index is 0. The molecule has 0 spiro atoms. The topological polar surface area (TPSA) is 80.3 Å². The first-order chi connectivity index (χ1) is 5.40. The molecule has 0 amide bonds. The number of hydrogen-bond donors (Lipinski definition) is 0. The molecule has 0 aliphatic rings. The molecule has 0 bridgehead atoms. The van der Waals surface area contributed by atoms with E-state index in [0.29, 0.717) is 0 Å². The maximum atomic E-state index is 10.2. The maximum Gasteiger partial charge on any atom is 0.138 e. The van der Waals surface area contributed by atoms with Crippen LogP contribution in [0.5, 0.6) is 0 Å². The normalized spacial score (nSPS) is 8.08. The van der Waals surface area contributed by atoms with Gasteiger partial charge in [0, 0.05) is 44.7 Å². The summed E-state index contributed by atoms with van der Waals surface area (Å²) in [6.45, 7) is 4.84. The fourth-order valence-electron chi connectivity index (χ4n) is 0.286. The molecule has 75 valence electrons. The summed E-state index contributed by atoms with van der Waals surface area (Å²) in [5.41, 5.74) is 0. The number of ketones is 1. The molecule has 0 unspecified atom stereocenters. The van der Waals surface area contributed by atoms with E-state index in [-0.39, 0.29) is 38.0 Å². The van der Waals surface area contributed by atoms with Crippen molar-refractivity contribution in [2.45, 2.75) is 39.7 Å². The second kappa shape index (κ2) is 12.0. The van der Waals surface area contributed by atoms with E-state index in [0.717, 1.165) is 0 Å². The van der Waals surface area contributed by atoms with Crippen molar-refractivity contribution in [2.75, 3.05) is 0 Å². The van der Waals surface area contributed by atoms with Gasteiger partial charge in [0.1, 0.15) is 5.78 Å². The Morgan fingerprint density at radius 1 is 1.31 bits per heavy atom. The molecule has 0 aromatic rings. The largest absolute Gasteiger partial charge is 0.852 e. The molecular weight excluding hydrogens is 275 g/mol. The Bertz CT molecular complexity index is 142. The fourth-order valence-corrected chi connectivity index (χ4v) is 0.286. The zero-order chi connectivity index (χ0) is 10.1. The number of hydrogen-bond acceptors (Lipinski definition) is 4. The van der Waals surface area contributed by atoms with Crippen molar-refractivity contribution in [2.24, 2.45) is 0 Å². The summed E-state index contributed by atoms with van der Waals surface area (Å²) < 4.78 is 0. The number of rotatable bonds is 3. The van der Waals surface area contributed by atoms with Gasteiger partial charge in [-0.2, -0.15) is 0 Å². The van der Waals surface area contributed by atoms with E-state index in [1.807, 2.05) is 0 Å². The number of carboxylic acid groups (broad SMARTS) is 1. The minimum Gasteiger partial charge on any atom is -0.852 e. The van der Waals surface area contributed by atoms with E-state index in [2.05, 4.69) is 0 Å². The van der Waals surface area contributed by atoms with Crippen molar-refractivity contribution in [3.8, 4) is 0 Å². The summed E-state index contributed by atoms with van der Waals surface area (Å²) in [4.78, 5) is 19.8. The molecule has 13 heavy (non-hydrogen) atoms. The summed E-state index contributed by atoms with van der Waals surface area (Å²) >= 11 is 0. The minimum atomic E-state index is -1.29. The van der Waals surface area contributed by atoms with E-state index in [4.69, 9.17) is 0 Å². The van der Waals surface area contributed by atoms with Gasteiger partial charge in [0.25, 0.3) is 0 Å². The van der Waals surface area contributed by atoms with Crippen molar-refractivity contribution in [3.63, 3.8) is 0 Å². The second-order valence-electron chi connectivity index (χ2n) is 2.49. The van der Waals surface area contributed by atoms with Crippen LogP contribution in [0.25, 0.3) is 0 Å². The van der Waals surface area contributed by atoms with Crippen LogP contribution in [0, 0.1) is 0 Å². The molecule has 0 atom stereocenters. The van der Waals surface area contributed by atoms with Gasteiger partial charge in [0.2, 0.25) is 0 Å². The van der Waals surface area contributed by atoms with Crippen LogP contribution in [-0.4, -0.2) is 43.7 Å². The predicted octanol–water partition coefficient (Wildman–Crippen LogP) is -1.52. The van der Waals surface area contributed by atoms with Crippen molar-refractivity contribution < 1.29 is 19.8 Å². The summed E-state index contributed by atoms with van der Waals surface area (Å²) in [5.74, 6) is -1.58. The van der Waals surface area contributed by atoms with Crippen LogP contribution < -0.4 is 10.2 Å². The fraction of sp³-hybridized carbons (Fsp3) is 0.750. The summed E-state index contributed by atoms with van der Waals surface area (Å²) in [7, 11) is 0. The zero-order valence-electron chi connectivity index (χ0n) is 8.20. The third kappa shape index (κ3) is 33.4. The van der Waals surface area contributed by atoms with Crippen molar-refractivity contribution in [3.05, 3.63) is 0 Å². The van der Waals surface area contributed by atoms with Gasteiger partial charge >= 0.3 is 0 Å². The Hall–Kier alpha value is -0.0299. The van der Waals surface area contributed by atoms with E-state index in [1.165, 1.54) is 0 Å². The van der Waals surface area contributed by atoms with Crippen LogP contribution >= 0.6 is 0 Å². The molecule has 5 heteroatoms. The summed E-state index contributed by atoms with van der Waals surface area (Å²) in [6, 6.07) is 0. The second-order valence-corrected chi connectivity index (χ2v) is 2.49. The average molecular weight is 289 g/mol. The number of carbonyl (C=O) groups excluding carboxylic acids is 2. The Morgan fingerprint density at radius 3 is 1.69 bits per heavy atom. The molecule has 3 radical (unpaired) electrons. The number of Topliss-reactive ketones (excluding diaryl/α,β-unsaturated/α-hetero) is 1. The van der Waals surface area contributed by atoms with Gasteiger partial charge in [-0.05, 0) is 0 Å². The molecule has 0 saturated carbocycles. The number of aliphatic carboxylic acids is 1. The molecule has 0 heterocycles. The van der Waals surface area contributed by atoms with Gasteiger partial charge < -0.3 is 15.0 Å². The van der Waals surface area contributed by atoms with Crippen LogP contribution in [0.4, 0.5) is 0 Å². The Balaban J connectivity index is -0.000000173. The smallest absolute Gasteiger partial charge is 0.138 e. The maximum absolute atomic E-state index is 10.2. The van der Waals surface area contributed by atoms with Crippen molar-refractivity contribution in [1.29, 1.82) is 0 Å². The molecular formula is C8H14InO4-2. The predicted molar refractivity (Wildman–Crippen MR) is 45.8 cm³/mol. The average Bonchev–Trinajstić information content (AvgIpc) is 1.84. The molecule has 0 N–H and O–H groups in total. The monoisotopic (exact) mass is 289 g/mol. The van der Waals surface area contributed by atoms with Crippen molar-refractivity contribution >= 4 is 37.6 Å². The van der Waals surface area contributed by atoms with E-state index in [9.17, 15) is 19.8 Å². The molecule has 0 rings (SSSR count). The standard InChI is InChI=1S/C5H8O3.C3H7O.In/c1-2-4(6)3-5(7)8;1-3(2)4;/h2-3H2,1H3,(H,7,8);3H,1-2H3;/q;-1;/p-1. The third-order valence-corrected chi connectivity index (χ3v) is 0.736. The first kappa shape index (κ1) is 18.7. The van der Waals surface area contributed by atoms with Crippen molar-refractivity contribution in [1.82, 2.24) is 0 Å². The van der Waals surface area contributed by atoms with Crippen LogP contribution in [0.1, 0.15) is 33.6 Å². The quantitative estimate of drug-likeness (QED) is 0.591. The SMILES string of the molecule is CC(C)[O-].CCC(=O)CC(=O)[O-].[In]. The van der Waals surface area contributed by atoms with Crippen LogP contribution in [0.3, 0.4) is 0 Å². The van der Waals surface area contributed by atoms with Gasteiger partial charge in [0.05, 0.1) is 0 Å². The third-order valence-electron chi connectivity index (χ3n) is 0.736. The number of carbonyl (C=O) groups is 2. The van der Waals surface area contributed by atoms with Gasteiger partial charge in [-0.1, -0.05) is 20.8 Å². The zero-order valence-corrected chi connectivity index (χ0v) is 11.5. The number of carboxylic acids is 1. The summed E-state index contributed by atoms with van der Waals surface area (Å²) in [5, 5.41) is 19.2. The van der Waals surface area contributed by atoms with Gasteiger partial charge in [-0.25, -0.2) is 0 Å². The van der Waals surface area contributed by atoms with Crippen LogP contribution in [-0.2, 0) is 9.59 Å². The summed E-state index contributed by atoms with van der Waals surface area (Å²) in [6.07, 6.45) is -0.593. The molecule has 0 aromatic carbocycles. The Kier molecular flexibility index (Phi) is 17.2. The van der Waals surface area contributed by atoms with E-state index in [1.54, 1.807) is 20.8 Å². The molecule has 0 saturated heterocycles.